The minimum atomic E-state index is -3.31. The standard InChI is InChI=1S/C30H40F2N4O5S2/c1-42(38,39)28-5-3-26(4-6-28)35-17-18-36(30(35)37)27-9-12-33(13-10-27)14-11-29(23-19-24(31)21-25(32)20-23)22-7-15-34(16-8-22)43(2,40)41/h3-6,19-22,27,29H,7-18H2,1-2H3/t29-/m1/s1. The van der Waals surface area contributed by atoms with Crippen molar-refractivity contribution in [3.8, 4) is 0 Å². The summed E-state index contributed by atoms with van der Waals surface area (Å²) in [7, 11) is -6.58. The van der Waals surface area contributed by atoms with Crippen LogP contribution in [-0.4, -0.2) is 101 Å². The lowest BCUT2D eigenvalue weighted by Gasteiger charge is -2.39. The Morgan fingerprint density at radius 2 is 1.42 bits per heavy atom. The second-order valence-corrected chi connectivity index (χ2v) is 16.1. The van der Waals surface area contributed by atoms with E-state index < -0.39 is 31.5 Å². The Labute approximate surface area is 253 Å². The van der Waals surface area contributed by atoms with Crippen LogP contribution in [-0.2, 0) is 19.9 Å². The number of likely N-dealkylation sites (tertiary alicyclic amines) is 1. The maximum Gasteiger partial charge on any atom is 0.324 e. The zero-order valence-corrected chi connectivity index (χ0v) is 26.3. The predicted octanol–water partition coefficient (Wildman–Crippen LogP) is 3.92. The molecule has 2 amide bonds. The van der Waals surface area contributed by atoms with Crippen LogP contribution in [0.2, 0.25) is 0 Å². The van der Waals surface area contributed by atoms with Crippen LogP contribution in [0, 0.1) is 17.6 Å². The molecule has 43 heavy (non-hydrogen) atoms. The highest BCUT2D eigenvalue weighted by molar-refractivity contribution is 7.90. The van der Waals surface area contributed by atoms with E-state index in [9.17, 15) is 30.4 Å². The molecule has 0 aromatic heterocycles. The number of halogens is 2. The van der Waals surface area contributed by atoms with E-state index in [0.717, 1.165) is 44.8 Å². The van der Waals surface area contributed by atoms with E-state index in [1.165, 1.54) is 34.8 Å². The molecule has 0 spiro atoms. The van der Waals surface area contributed by atoms with E-state index in [-0.39, 0.29) is 28.8 Å². The molecule has 0 radical (unpaired) electrons. The molecular weight excluding hydrogens is 598 g/mol. The van der Waals surface area contributed by atoms with Gasteiger partial charge in [0.2, 0.25) is 10.0 Å². The van der Waals surface area contributed by atoms with Crippen molar-refractivity contribution in [2.45, 2.75) is 49.0 Å². The van der Waals surface area contributed by atoms with Gasteiger partial charge in [-0.15, -0.1) is 0 Å². The molecule has 3 heterocycles. The van der Waals surface area contributed by atoms with Crippen molar-refractivity contribution in [3.63, 3.8) is 0 Å². The van der Waals surface area contributed by atoms with Crippen LogP contribution in [0.25, 0.3) is 0 Å². The molecule has 3 saturated heterocycles. The number of rotatable bonds is 9. The number of nitrogens with zero attached hydrogens (tertiary/aromatic N) is 4. The Kier molecular flexibility index (Phi) is 9.45. The van der Waals surface area contributed by atoms with E-state index >= 15 is 0 Å². The summed E-state index contributed by atoms with van der Waals surface area (Å²) >= 11 is 0. The van der Waals surface area contributed by atoms with Crippen LogP contribution < -0.4 is 4.90 Å². The maximum absolute atomic E-state index is 14.2. The monoisotopic (exact) mass is 638 g/mol. The van der Waals surface area contributed by atoms with Crippen molar-refractivity contribution in [2.24, 2.45) is 5.92 Å². The highest BCUT2D eigenvalue weighted by Gasteiger charge is 2.37. The van der Waals surface area contributed by atoms with Gasteiger partial charge >= 0.3 is 6.03 Å². The van der Waals surface area contributed by atoms with Crippen molar-refractivity contribution < 1.29 is 30.4 Å². The molecule has 1 atom stereocenters. The molecule has 3 aliphatic heterocycles. The van der Waals surface area contributed by atoms with Gasteiger partial charge in [-0.2, -0.15) is 0 Å². The number of anilines is 1. The minimum Gasteiger partial charge on any atom is -0.319 e. The Morgan fingerprint density at radius 1 is 0.814 bits per heavy atom. The summed E-state index contributed by atoms with van der Waals surface area (Å²) in [5.41, 5.74) is 1.30. The molecule has 2 aromatic carbocycles. The smallest absolute Gasteiger partial charge is 0.319 e. The van der Waals surface area contributed by atoms with Crippen LogP contribution >= 0.6 is 0 Å². The number of sulfonamides is 1. The predicted molar refractivity (Wildman–Crippen MR) is 161 cm³/mol. The van der Waals surface area contributed by atoms with Gasteiger partial charge in [0, 0.05) is 63.3 Å². The third-order valence-electron chi connectivity index (χ3n) is 9.22. The summed E-state index contributed by atoms with van der Waals surface area (Å²) in [5.74, 6) is -1.18. The van der Waals surface area contributed by atoms with E-state index in [4.69, 9.17) is 0 Å². The quantitative estimate of drug-likeness (QED) is 0.413. The minimum absolute atomic E-state index is 0.0702. The van der Waals surface area contributed by atoms with Crippen molar-refractivity contribution in [2.75, 3.05) is 63.2 Å². The fraction of sp³-hybridized carbons (Fsp3) is 0.567. The van der Waals surface area contributed by atoms with E-state index in [1.54, 1.807) is 17.0 Å². The Morgan fingerprint density at radius 3 is 1.98 bits per heavy atom. The van der Waals surface area contributed by atoms with Crippen LogP contribution in [0.3, 0.4) is 0 Å². The number of hydrogen-bond acceptors (Lipinski definition) is 6. The van der Waals surface area contributed by atoms with Crippen LogP contribution in [0.5, 0.6) is 0 Å². The second kappa shape index (κ2) is 12.8. The Bertz CT molecular complexity index is 1500. The largest absolute Gasteiger partial charge is 0.324 e. The van der Waals surface area contributed by atoms with Gasteiger partial charge in [-0.3, -0.25) is 4.90 Å². The zero-order valence-electron chi connectivity index (χ0n) is 24.7. The number of carbonyl (C=O) groups is 1. The summed E-state index contributed by atoms with van der Waals surface area (Å²) in [6.45, 7) is 4.31. The van der Waals surface area contributed by atoms with Gasteiger partial charge in [0.15, 0.2) is 9.84 Å². The Hall–Kier alpha value is -2.61. The number of piperidine rings is 2. The third kappa shape index (κ3) is 7.55. The number of sulfone groups is 1. The average molecular weight is 639 g/mol. The fourth-order valence-electron chi connectivity index (χ4n) is 6.86. The van der Waals surface area contributed by atoms with Crippen molar-refractivity contribution >= 4 is 31.6 Å². The van der Waals surface area contributed by atoms with Gasteiger partial charge in [-0.05, 0) is 92.4 Å². The van der Waals surface area contributed by atoms with E-state index in [0.29, 0.717) is 56.7 Å². The third-order valence-corrected chi connectivity index (χ3v) is 11.7. The second-order valence-electron chi connectivity index (χ2n) is 12.1. The lowest BCUT2D eigenvalue weighted by molar-refractivity contribution is 0.130. The van der Waals surface area contributed by atoms with Crippen molar-refractivity contribution in [3.05, 3.63) is 59.7 Å². The molecule has 0 aliphatic carbocycles. The normalized spacial score (nSPS) is 21.1. The van der Waals surface area contributed by atoms with Gasteiger partial charge in [-0.25, -0.2) is 34.7 Å². The number of carbonyl (C=O) groups excluding carboxylic acids is 1. The molecule has 2 aromatic rings. The summed E-state index contributed by atoms with van der Waals surface area (Å²) < 4.78 is 77.4. The van der Waals surface area contributed by atoms with Gasteiger partial charge in [0.05, 0.1) is 11.2 Å². The van der Waals surface area contributed by atoms with E-state index in [2.05, 4.69) is 4.90 Å². The zero-order chi connectivity index (χ0) is 30.9. The lowest BCUT2D eigenvalue weighted by Crippen LogP contribution is -2.47. The average Bonchev–Trinajstić information content (AvgIpc) is 3.33. The van der Waals surface area contributed by atoms with Gasteiger partial charge in [0.25, 0.3) is 0 Å². The number of amides is 2. The molecule has 0 saturated carbocycles. The molecule has 0 unspecified atom stereocenters. The molecule has 3 fully saturated rings. The number of urea groups is 1. The fourth-order valence-corrected chi connectivity index (χ4v) is 8.36. The molecule has 9 nitrogen and oxygen atoms in total. The first-order valence-corrected chi connectivity index (χ1v) is 18.6. The van der Waals surface area contributed by atoms with Crippen molar-refractivity contribution in [1.82, 2.24) is 14.1 Å². The summed E-state index contributed by atoms with van der Waals surface area (Å²) in [6.07, 6.45) is 5.99. The van der Waals surface area contributed by atoms with Gasteiger partial charge in [-0.1, -0.05) is 0 Å². The van der Waals surface area contributed by atoms with Gasteiger partial charge in [0.1, 0.15) is 11.6 Å². The molecule has 0 N–H and O–H groups in total. The highest BCUT2D eigenvalue weighted by Crippen LogP contribution is 2.37. The Balaban J connectivity index is 1.17. The molecule has 5 rings (SSSR count). The summed E-state index contributed by atoms with van der Waals surface area (Å²) in [5, 5.41) is 0. The highest BCUT2D eigenvalue weighted by atomic mass is 32.2. The van der Waals surface area contributed by atoms with Gasteiger partial charge < -0.3 is 9.80 Å². The van der Waals surface area contributed by atoms with Crippen LogP contribution in [0.1, 0.15) is 43.6 Å². The molecular formula is C30H40F2N4O5S2. The first-order chi connectivity index (χ1) is 20.3. The number of benzene rings is 2. The summed E-state index contributed by atoms with van der Waals surface area (Å²) in [4.78, 5) is 19.4. The van der Waals surface area contributed by atoms with E-state index in [1.807, 2.05) is 4.90 Å². The first-order valence-electron chi connectivity index (χ1n) is 14.8. The van der Waals surface area contributed by atoms with Crippen LogP contribution in [0.15, 0.2) is 47.4 Å². The molecule has 3 aliphatic rings. The maximum atomic E-state index is 14.2. The summed E-state index contributed by atoms with van der Waals surface area (Å²) in [6, 6.07) is 10.1. The topological polar surface area (TPSA) is 98.3 Å². The first kappa shape index (κ1) is 31.8. The SMILES string of the molecule is CS(=O)(=O)c1ccc(N2CCN(C3CCN(CC[C@@H](c4cc(F)cc(F)c4)C4CCN(S(C)(=O)=O)CC4)CC3)C2=O)cc1. The van der Waals surface area contributed by atoms with Crippen LogP contribution in [0.4, 0.5) is 19.3 Å². The molecule has 236 valence electrons. The number of hydrogen-bond donors (Lipinski definition) is 0. The molecule has 13 heteroatoms. The van der Waals surface area contributed by atoms with Crippen molar-refractivity contribution in [1.29, 1.82) is 0 Å². The molecule has 0 bridgehead atoms. The lowest BCUT2D eigenvalue weighted by atomic mass is 9.78.